The number of hydrogen-bond acceptors (Lipinski definition) is 1. The topological polar surface area (TPSA) is 17.1 Å². The van der Waals surface area contributed by atoms with Crippen LogP contribution in [0, 0.1) is 5.92 Å². The zero-order valence-electron chi connectivity index (χ0n) is 16.8. The van der Waals surface area contributed by atoms with Crippen molar-refractivity contribution in [3.8, 4) is 0 Å². The standard InChI is InChI=1S/C24H40O/c1-22(2)18-14-11-9-7-5-3-4-6-8-10-12-17-21-24(25)23-19-15-13-16-20-23/h13,15-16,19-20,22H,3-12,14,17-18,21H2,1-2H3. The first kappa shape index (κ1) is 21.9. The SMILES string of the molecule is CC(C)CCCCCCCCCCCCCCC(=O)c1ccccc1. The van der Waals surface area contributed by atoms with Crippen LogP contribution in [0.2, 0.25) is 0 Å². The number of ketones is 1. The highest BCUT2D eigenvalue weighted by molar-refractivity contribution is 5.95. The predicted molar refractivity (Wildman–Crippen MR) is 110 cm³/mol. The molecule has 0 radical (unpaired) electrons. The first-order valence-electron chi connectivity index (χ1n) is 10.8. The molecule has 0 N–H and O–H groups in total. The Morgan fingerprint density at radius 1 is 0.680 bits per heavy atom. The molecule has 0 atom stereocenters. The predicted octanol–water partition coefficient (Wildman–Crippen LogP) is 7.99. The lowest BCUT2D eigenvalue weighted by Crippen LogP contribution is -1.98. The van der Waals surface area contributed by atoms with Gasteiger partial charge in [0.05, 0.1) is 0 Å². The van der Waals surface area contributed by atoms with Gasteiger partial charge in [-0.25, -0.2) is 0 Å². The molecule has 1 rings (SSSR count). The zero-order valence-corrected chi connectivity index (χ0v) is 16.8. The molecule has 0 unspecified atom stereocenters. The van der Waals surface area contributed by atoms with E-state index in [1.165, 1.54) is 77.0 Å². The van der Waals surface area contributed by atoms with Gasteiger partial charge in [0, 0.05) is 12.0 Å². The minimum Gasteiger partial charge on any atom is -0.294 e. The Balaban J connectivity index is 1.80. The van der Waals surface area contributed by atoms with Crippen LogP contribution in [0.25, 0.3) is 0 Å². The van der Waals surface area contributed by atoms with Crippen LogP contribution in [0.15, 0.2) is 30.3 Å². The number of Topliss-reactive ketones (excluding diaryl/α,β-unsaturated/α-hetero) is 1. The maximum atomic E-state index is 12.0. The highest BCUT2D eigenvalue weighted by Crippen LogP contribution is 2.15. The first-order chi connectivity index (χ1) is 12.2. The molecule has 0 saturated heterocycles. The molecule has 1 aromatic carbocycles. The third-order valence-electron chi connectivity index (χ3n) is 5.03. The molecular weight excluding hydrogens is 304 g/mol. The monoisotopic (exact) mass is 344 g/mol. The van der Waals surface area contributed by atoms with Crippen molar-refractivity contribution in [3.05, 3.63) is 35.9 Å². The van der Waals surface area contributed by atoms with Crippen molar-refractivity contribution in [2.24, 2.45) is 5.92 Å². The molecular formula is C24H40O. The Bertz CT molecular complexity index is 421. The summed E-state index contributed by atoms with van der Waals surface area (Å²) < 4.78 is 0. The second-order valence-electron chi connectivity index (χ2n) is 7.96. The normalized spacial score (nSPS) is 11.2. The lowest BCUT2D eigenvalue weighted by Gasteiger charge is -2.05. The molecule has 0 bridgehead atoms. The van der Waals surface area contributed by atoms with Gasteiger partial charge in [-0.3, -0.25) is 4.79 Å². The molecule has 0 aliphatic heterocycles. The third-order valence-corrected chi connectivity index (χ3v) is 5.03. The quantitative estimate of drug-likeness (QED) is 0.219. The summed E-state index contributed by atoms with van der Waals surface area (Å²) in [5.41, 5.74) is 0.867. The van der Waals surface area contributed by atoms with E-state index in [4.69, 9.17) is 0 Å². The molecule has 0 saturated carbocycles. The number of benzene rings is 1. The van der Waals surface area contributed by atoms with Gasteiger partial charge in [-0.15, -0.1) is 0 Å². The summed E-state index contributed by atoms with van der Waals surface area (Å²) in [6.07, 6.45) is 18.3. The molecule has 0 amide bonds. The first-order valence-corrected chi connectivity index (χ1v) is 10.8. The van der Waals surface area contributed by atoms with Crippen LogP contribution in [0.4, 0.5) is 0 Å². The highest BCUT2D eigenvalue weighted by Gasteiger charge is 2.04. The number of hydrogen-bond donors (Lipinski definition) is 0. The van der Waals surface area contributed by atoms with E-state index in [1.807, 2.05) is 30.3 Å². The number of rotatable bonds is 16. The van der Waals surface area contributed by atoms with E-state index in [-0.39, 0.29) is 0 Å². The van der Waals surface area contributed by atoms with Crippen LogP contribution in [-0.2, 0) is 0 Å². The molecule has 0 aliphatic rings. The van der Waals surface area contributed by atoms with Crippen molar-refractivity contribution in [2.45, 2.75) is 104 Å². The van der Waals surface area contributed by atoms with Gasteiger partial charge in [0.15, 0.2) is 5.78 Å². The molecule has 142 valence electrons. The summed E-state index contributed by atoms with van der Waals surface area (Å²) in [5, 5.41) is 0. The lowest BCUT2D eigenvalue weighted by molar-refractivity contribution is 0.0979. The summed E-state index contributed by atoms with van der Waals surface area (Å²) in [6, 6.07) is 9.70. The van der Waals surface area contributed by atoms with E-state index < -0.39 is 0 Å². The summed E-state index contributed by atoms with van der Waals surface area (Å²) >= 11 is 0. The lowest BCUT2D eigenvalue weighted by atomic mass is 10.0. The van der Waals surface area contributed by atoms with Crippen LogP contribution >= 0.6 is 0 Å². The highest BCUT2D eigenvalue weighted by atomic mass is 16.1. The molecule has 0 aliphatic carbocycles. The minimum atomic E-state index is 0.300. The Hall–Kier alpha value is -1.11. The average Bonchev–Trinajstić information content (AvgIpc) is 2.62. The van der Waals surface area contributed by atoms with Gasteiger partial charge in [0.25, 0.3) is 0 Å². The smallest absolute Gasteiger partial charge is 0.162 e. The molecule has 0 fully saturated rings. The second kappa shape index (κ2) is 15.2. The van der Waals surface area contributed by atoms with Crippen LogP contribution in [0.5, 0.6) is 0 Å². The van der Waals surface area contributed by atoms with Gasteiger partial charge in [-0.1, -0.05) is 121 Å². The van der Waals surface area contributed by atoms with Crippen molar-refractivity contribution < 1.29 is 4.79 Å². The fraction of sp³-hybridized carbons (Fsp3) is 0.708. The second-order valence-corrected chi connectivity index (χ2v) is 7.96. The number of unbranched alkanes of at least 4 members (excludes halogenated alkanes) is 11. The van der Waals surface area contributed by atoms with E-state index in [2.05, 4.69) is 13.8 Å². The van der Waals surface area contributed by atoms with Gasteiger partial charge >= 0.3 is 0 Å². The molecule has 0 spiro atoms. The van der Waals surface area contributed by atoms with Crippen LogP contribution in [0.1, 0.15) is 114 Å². The van der Waals surface area contributed by atoms with E-state index in [0.29, 0.717) is 12.2 Å². The van der Waals surface area contributed by atoms with Crippen molar-refractivity contribution >= 4 is 5.78 Å². The van der Waals surface area contributed by atoms with Gasteiger partial charge < -0.3 is 0 Å². The minimum absolute atomic E-state index is 0.300. The Morgan fingerprint density at radius 3 is 1.60 bits per heavy atom. The van der Waals surface area contributed by atoms with Gasteiger partial charge in [0.2, 0.25) is 0 Å². The van der Waals surface area contributed by atoms with Crippen molar-refractivity contribution in [1.29, 1.82) is 0 Å². The van der Waals surface area contributed by atoms with Gasteiger partial charge in [-0.2, -0.15) is 0 Å². The summed E-state index contributed by atoms with van der Waals surface area (Å²) in [6.45, 7) is 4.64. The Labute approximate surface area is 156 Å². The number of carbonyl (C=O) groups is 1. The molecule has 0 aromatic heterocycles. The number of carbonyl (C=O) groups excluding carboxylic acids is 1. The maximum absolute atomic E-state index is 12.0. The summed E-state index contributed by atoms with van der Waals surface area (Å²) in [5.74, 6) is 1.17. The van der Waals surface area contributed by atoms with Crippen LogP contribution in [-0.4, -0.2) is 5.78 Å². The van der Waals surface area contributed by atoms with E-state index in [0.717, 1.165) is 17.9 Å². The molecule has 1 heteroatoms. The maximum Gasteiger partial charge on any atom is 0.162 e. The molecule has 1 aromatic rings. The summed E-state index contributed by atoms with van der Waals surface area (Å²) in [4.78, 5) is 12.0. The Morgan fingerprint density at radius 2 is 1.12 bits per heavy atom. The molecule has 1 nitrogen and oxygen atoms in total. The van der Waals surface area contributed by atoms with E-state index in [9.17, 15) is 4.79 Å². The average molecular weight is 345 g/mol. The van der Waals surface area contributed by atoms with Crippen molar-refractivity contribution in [2.75, 3.05) is 0 Å². The largest absolute Gasteiger partial charge is 0.294 e. The zero-order chi connectivity index (χ0) is 18.2. The fourth-order valence-corrected chi connectivity index (χ4v) is 3.37. The fourth-order valence-electron chi connectivity index (χ4n) is 3.37. The Kier molecular flexibility index (Phi) is 13.3. The molecule has 0 heterocycles. The molecule has 25 heavy (non-hydrogen) atoms. The van der Waals surface area contributed by atoms with Crippen LogP contribution < -0.4 is 0 Å². The van der Waals surface area contributed by atoms with Gasteiger partial charge in [-0.05, 0) is 12.3 Å². The van der Waals surface area contributed by atoms with Crippen LogP contribution in [0.3, 0.4) is 0 Å². The van der Waals surface area contributed by atoms with E-state index >= 15 is 0 Å². The third kappa shape index (κ3) is 12.8. The van der Waals surface area contributed by atoms with Crippen molar-refractivity contribution in [3.63, 3.8) is 0 Å². The van der Waals surface area contributed by atoms with Gasteiger partial charge in [0.1, 0.15) is 0 Å². The van der Waals surface area contributed by atoms with Crippen molar-refractivity contribution in [1.82, 2.24) is 0 Å². The van der Waals surface area contributed by atoms with E-state index in [1.54, 1.807) is 0 Å². The summed E-state index contributed by atoms with van der Waals surface area (Å²) in [7, 11) is 0.